The van der Waals surface area contributed by atoms with E-state index < -0.39 is 0 Å². The molecule has 0 nitrogen and oxygen atoms in total. The zero-order valence-corrected chi connectivity index (χ0v) is 16.8. The molecule has 2 aromatic rings. The van der Waals surface area contributed by atoms with Gasteiger partial charge >= 0.3 is 0 Å². The molecule has 0 N–H and O–H groups in total. The summed E-state index contributed by atoms with van der Waals surface area (Å²) in [5.74, 6) is 8.10. The highest BCUT2D eigenvalue weighted by molar-refractivity contribution is 6.31. The number of aryl methyl sites for hydroxylation is 2. The molecule has 0 heterocycles. The molecule has 0 bridgehead atoms. The Morgan fingerprint density at radius 1 is 1.00 bits per heavy atom. The number of hydrogen-bond donors (Lipinski definition) is 0. The van der Waals surface area contributed by atoms with Crippen LogP contribution in [0.1, 0.15) is 73.6 Å². The van der Waals surface area contributed by atoms with Crippen molar-refractivity contribution in [3.8, 4) is 11.8 Å². The minimum atomic E-state index is 0.523. The number of unbranched alkanes of at least 4 members (excludes halogenated alkanes) is 1. The minimum absolute atomic E-state index is 0.523. The second-order valence-corrected chi connectivity index (χ2v) is 8.05. The molecule has 0 amide bonds. The number of rotatable bonds is 4. The van der Waals surface area contributed by atoms with Gasteiger partial charge < -0.3 is 0 Å². The molecule has 0 radical (unpaired) electrons. The first kappa shape index (κ1) is 19.1. The fraction of sp³-hybridized carbons (Fsp3) is 0.440. The van der Waals surface area contributed by atoms with Gasteiger partial charge in [-0.15, -0.1) is 0 Å². The summed E-state index contributed by atoms with van der Waals surface area (Å²) >= 11 is 6.42. The maximum Gasteiger partial charge on any atom is 0.0450 e. The van der Waals surface area contributed by atoms with Gasteiger partial charge in [-0.3, -0.25) is 0 Å². The Hall–Kier alpha value is -1.71. The molecular weight excluding hydrogens is 336 g/mol. The van der Waals surface area contributed by atoms with Crippen molar-refractivity contribution in [2.24, 2.45) is 5.92 Å². The van der Waals surface area contributed by atoms with Crippen LogP contribution in [0.5, 0.6) is 0 Å². The van der Waals surface area contributed by atoms with E-state index in [1.807, 2.05) is 6.07 Å². The molecule has 1 fully saturated rings. The molecule has 26 heavy (non-hydrogen) atoms. The quantitative estimate of drug-likeness (QED) is 0.498. The van der Waals surface area contributed by atoms with Crippen LogP contribution in [-0.4, -0.2) is 0 Å². The smallest absolute Gasteiger partial charge is 0.0450 e. The molecule has 0 spiro atoms. The predicted molar refractivity (Wildman–Crippen MR) is 113 cm³/mol. The summed E-state index contributed by atoms with van der Waals surface area (Å²) in [6.45, 7) is 4.36. The Morgan fingerprint density at radius 2 is 1.73 bits per heavy atom. The van der Waals surface area contributed by atoms with Crippen LogP contribution in [-0.2, 0) is 6.42 Å². The fourth-order valence-electron chi connectivity index (χ4n) is 3.79. The van der Waals surface area contributed by atoms with E-state index in [9.17, 15) is 0 Å². The third-order valence-corrected chi connectivity index (χ3v) is 5.90. The SMILES string of the molecule is CCCCc1ccc(C#CC2CCC(c3ccc(C)cc3)CC2)cc1Cl. The standard InChI is InChI=1S/C25H29Cl/c1-3-4-5-24-17-12-21(18-25(24)26)9-8-20-10-15-23(16-11-20)22-13-6-19(2)7-14-22/h6-7,12-14,17-18,20,23H,3-5,10-11,15-16H2,1-2H3. The Labute approximate surface area is 164 Å². The summed E-state index contributed by atoms with van der Waals surface area (Å²) in [7, 11) is 0. The fourth-order valence-corrected chi connectivity index (χ4v) is 4.07. The van der Waals surface area contributed by atoms with Crippen LogP contribution in [0.2, 0.25) is 5.02 Å². The van der Waals surface area contributed by atoms with E-state index in [0.29, 0.717) is 11.8 Å². The van der Waals surface area contributed by atoms with Crippen LogP contribution in [0.3, 0.4) is 0 Å². The third kappa shape index (κ3) is 5.15. The van der Waals surface area contributed by atoms with Gasteiger partial charge in [-0.25, -0.2) is 0 Å². The van der Waals surface area contributed by atoms with Crippen LogP contribution in [0.15, 0.2) is 42.5 Å². The van der Waals surface area contributed by atoms with Gasteiger partial charge in [0.1, 0.15) is 0 Å². The maximum absolute atomic E-state index is 6.42. The Balaban J connectivity index is 1.56. The van der Waals surface area contributed by atoms with Gasteiger partial charge in [0.05, 0.1) is 0 Å². The van der Waals surface area contributed by atoms with Crippen molar-refractivity contribution >= 4 is 11.6 Å². The second kappa shape index (κ2) is 9.29. The molecule has 2 aromatic carbocycles. The Kier molecular flexibility index (Phi) is 6.81. The highest BCUT2D eigenvalue weighted by Crippen LogP contribution is 2.35. The lowest BCUT2D eigenvalue weighted by atomic mass is 9.79. The molecule has 1 aliphatic rings. The lowest BCUT2D eigenvalue weighted by Crippen LogP contribution is -2.12. The molecular formula is C25H29Cl. The summed E-state index contributed by atoms with van der Waals surface area (Å²) in [4.78, 5) is 0. The van der Waals surface area contributed by atoms with Crippen molar-refractivity contribution in [3.05, 3.63) is 69.7 Å². The largest absolute Gasteiger partial charge is 0.0945 e. The van der Waals surface area contributed by atoms with Crippen LogP contribution in [0, 0.1) is 24.7 Å². The van der Waals surface area contributed by atoms with Crippen molar-refractivity contribution in [3.63, 3.8) is 0 Å². The first-order valence-electron chi connectivity index (χ1n) is 10.0. The van der Waals surface area contributed by atoms with Crippen LogP contribution in [0.25, 0.3) is 0 Å². The summed E-state index contributed by atoms with van der Waals surface area (Å²) in [6, 6.07) is 15.4. The van der Waals surface area contributed by atoms with Crippen molar-refractivity contribution in [1.29, 1.82) is 0 Å². The van der Waals surface area contributed by atoms with Gasteiger partial charge in [0.15, 0.2) is 0 Å². The van der Waals surface area contributed by atoms with Gasteiger partial charge in [-0.1, -0.05) is 72.7 Å². The topological polar surface area (TPSA) is 0 Å². The van der Waals surface area contributed by atoms with E-state index in [1.165, 1.54) is 55.2 Å². The van der Waals surface area contributed by atoms with Gasteiger partial charge in [0.25, 0.3) is 0 Å². The van der Waals surface area contributed by atoms with Gasteiger partial charge in [0.2, 0.25) is 0 Å². The molecule has 0 unspecified atom stereocenters. The van der Waals surface area contributed by atoms with Crippen molar-refractivity contribution in [2.45, 2.75) is 64.7 Å². The van der Waals surface area contributed by atoms with Crippen molar-refractivity contribution < 1.29 is 0 Å². The van der Waals surface area contributed by atoms with Gasteiger partial charge in [-0.05, 0) is 74.6 Å². The summed E-state index contributed by atoms with van der Waals surface area (Å²) in [5, 5.41) is 0.869. The normalized spacial score (nSPS) is 19.7. The maximum atomic E-state index is 6.42. The first-order chi connectivity index (χ1) is 12.7. The van der Waals surface area contributed by atoms with E-state index in [0.717, 1.165) is 17.0 Å². The summed E-state index contributed by atoms with van der Waals surface area (Å²) in [5.41, 5.74) is 5.14. The predicted octanol–water partition coefficient (Wildman–Crippen LogP) is 7.32. The van der Waals surface area contributed by atoms with Crippen molar-refractivity contribution in [1.82, 2.24) is 0 Å². The molecule has 136 valence electrons. The first-order valence-corrected chi connectivity index (χ1v) is 10.4. The molecule has 0 atom stereocenters. The van der Waals surface area contributed by atoms with Crippen molar-refractivity contribution in [2.75, 3.05) is 0 Å². The Bertz CT molecular complexity index is 768. The Morgan fingerprint density at radius 3 is 2.38 bits per heavy atom. The van der Waals surface area contributed by atoms with Crippen LogP contribution in [0.4, 0.5) is 0 Å². The molecule has 3 rings (SSSR count). The summed E-state index contributed by atoms with van der Waals surface area (Å²) in [6.07, 6.45) is 8.35. The zero-order valence-electron chi connectivity index (χ0n) is 16.0. The average molecular weight is 365 g/mol. The summed E-state index contributed by atoms with van der Waals surface area (Å²) < 4.78 is 0. The van der Waals surface area contributed by atoms with Crippen LogP contribution >= 0.6 is 11.6 Å². The number of hydrogen-bond acceptors (Lipinski definition) is 0. The highest BCUT2D eigenvalue weighted by atomic mass is 35.5. The van der Waals surface area contributed by atoms with E-state index in [1.54, 1.807) is 0 Å². The zero-order chi connectivity index (χ0) is 18.4. The molecule has 0 saturated heterocycles. The lowest BCUT2D eigenvalue weighted by molar-refractivity contribution is 0.384. The van der Waals surface area contributed by atoms with Gasteiger partial charge in [-0.2, -0.15) is 0 Å². The van der Waals surface area contributed by atoms with E-state index in [-0.39, 0.29) is 0 Å². The highest BCUT2D eigenvalue weighted by Gasteiger charge is 2.21. The second-order valence-electron chi connectivity index (χ2n) is 7.64. The lowest BCUT2D eigenvalue weighted by Gasteiger charge is -2.26. The van der Waals surface area contributed by atoms with E-state index in [4.69, 9.17) is 11.6 Å². The van der Waals surface area contributed by atoms with E-state index >= 15 is 0 Å². The molecule has 0 aliphatic heterocycles. The minimum Gasteiger partial charge on any atom is -0.0945 e. The molecule has 1 aliphatic carbocycles. The molecule has 0 aromatic heterocycles. The number of benzene rings is 2. The molecule has 1 saturated carbocycles. The molecule has 1 heteroatoms. The number of halogens is 1. The average Bonchev–Trinajstić information content (AvgIpc) is 2.67. The third-order valence-electron chi connectivity index (χ3n) is 5.55. The van der Waals surface area contributed by atoms with E-state index in [2.05, 4.69) is 62.1 Å². The van der Waals surface area contributed by atoms with Gasteiger partial charge in [0, 0.05) is 16.5 Å². The van der Waals surface area contributed by atoms with Crippen LogP contribution < -0.4 is 0 Å². The monoisotopic (exact) mass is 364 g/mol.